The van der Waals surface area contributed by atoms with Crippen LogP contribution in [0, 0.1) is 0 Å². The van der Waals surface area contributed by atoms with Crippen molar-refractivity contribution < 1.29 is 14.7 Å². The van der Waals surface area contributed by atoms with E-state index in [4.69, 9.17) is 10.6 Å². The van der Waals surface area contributed by atoms with Crippen LogP contribution >= 0.6 is 0 Å². The Hall–Kier alpha value is -3.36. The molecule has 0 spiro atoms. The van der Waals surface area contributed by atoms with Gasteiger partial charge in [0.1, 0.15) is 24.9 Å². The van der Waals surface area contributed by atoms with Gasteiger partial charge >= 0.3 is 0 Å². The first-order valence-electron chi connectivity index (χ1n) is 9.36. The minimum Gasteiger partial charge on any atom is -0.389 e. The molecule has 1 amide bonds. The van der Waals surface area contributed by atoms with Crippen LogP contribution in [0.3, 0.4) is 0 Å². The average molecular weight is 391 g/mol. The fourth-order valence-electron chi connectivity index (χ4n) is 3.29. The number of hydrogen-bond donors (Lipinski definition) is 2. The Morgan fingerprint density at radius 2 is 1.93 bits per heavy atom. The molecule has 0 saturated carbocycles. The molecule has 2 aromatic heterocycles. The Morgan fingerprint density at radius 1 is 1.17 bits per heavy atom. The number of rotatable bonds is 4. The summed E-state index contributed by atoms with van der Waals surface area (Å²) in [7, 11) is 0. The van der Waals surface area contributed by atoms with Crippen molar-refractivity contribution in [2.75, 3.05) is 18.9 Å². The van der Waals surface area contributed by atoms with Gasteiger partial charge in [0.15, 0.2) is 0 Å². The number of anilines is 1. The van der Waals surface area contributed by atoms with Crippen molar-refractivity contribution in [2.45, 2.75) is 19.4 Å². The van der Waals surface area contributed by atoms with Crippen molar-refractivity contribution in [1.29, 1.82) is 0 Å². The van der Waals surface area contributed by atoms with E-state index in [1.807, 2.05) is 25.1 Å². The summed E-state index contributed by atoms with van der Waals surface area (Å²) in [6, 6.07) is 10.8. The molecule has 8 heteroatoms. The Balaban J connectivity index is 1.70. The summed E-state index contributed by atoms with van der Waals surface area (Å²) in [4.78, 5) is 30.8. The number of nitrogens with zero attached hydrogens (tertiary/aromatic N) is 4. The van der Waals surface area contributed by atoms with Crippen molar-refractivity contribution in [3.8, 4) is 22.4 Å². The highest BCUT2D eigenvalue weighted by atomic mass is 16.7. The van der Waals surface area contributed by atoms with Gasteiger partial charge in [-0.1, -0.05) is 19.1 Å². The number of carbonyl (C=O) groups excluding carboxylic acids is 1. The number of aryl methyl sites for hydroxylation is 1. The van der Waals surface area contributed by atoms with Crippen LogP contribution in [-0.2, 0) is 11.3 Å². The van der Waals surface area contributed by atoms with Gasteiger partial charge in [-0.25, -0.2) is 20.0 Å². The van der Waals surface area contributed by atoms with Gasteiger partial charge in [-0.15, -0.1) is 0 Å². The van der Waals surface area contributed by atoms with E-state index in [1.165, 1.54) is 5.06 Å². The topological polar surface area (TPSA) is 114 Å². The lowest BCUT2D eigenvalue weighted by Crippen LogP contribution is -2.28. The first kappa shape index (κ1) is 19.0. The van der Waals surface area contributed by atoms with Crippen LogP contribution in [0.15, 0.2) is 48.9 Å². The predicted molar refractivity (Wildman–Crippen MR) is 107 cm³/mol. The Labute approximate surface area is 168 Å². The van der Waals surface area contributed by atoms with E-state index in [9.17, 15) is 9.90 Å². The number of nitrogens with two attached hydrogens (primary N) is 1. The van der Waals surface area contributed by atoms with E-state index in [0.29, 0.717) is 11.4 Å². The number of β-amino-alcohol motifs (C(OH)–C–C–N with tert-alkyl or cyclic N) is 1. The number of aromatic nitrogens is 3. The number of hydroxylamine groups is 2. The van der Waals surface area contributed by atoms with E-state index < -0.39 is 6.10 Å². The molecule has 1 unspecified atom stereocenters. The molecule has 148 valence electrons. The second kappa shape index (κ2) is 7.94. The Kier molecular flexibility index (Phi) is 5.20. The summed E-state index contributed by atoms with van der Waals surface area (Å²) in [5.41, 5.74) is 10.5. The quantitative estimate of drug-likeness (QED) is 0.700. The molecule has 1 aliphatic rings. The van der Waals surface area contributed by atoms with E-state index in [2.05, 4.69) is 15.0 Å². The number of pyridine rings is 1. The molecule has 1 saturated heterocycles. The predicted octanol–water partition coefficient (Wildman–Crippen LogP) is 2.10. The summed E-state index contributed by atoms with van der Waals surface area (Å²) in [6.07, 6.45) is 3.34. The van der Waals surface area contributed by atoms with Crippen LogP contribution in [-0.4, -0.2) is 50.3 Å². The van der Waals surface area contributed by atoms with Crippen molar-refractivity contribution in [1.82, 2.24) is 20.0 Å². The van der Waals surface area contributed by atoms with Crippen LogP contribution in [0.4, 0.5) is 5.82 Å². The molecule has 3 N–H and O–H groups in total. The third-order valence-electron chi connectivity index (χ3n) is 4.77. The third-order valence-corrected chi connectivity index (χ3v) is 4.77. The van der Waals surface area contributed by atoms with Gasteiger partial charge in [0.25, 0.3) is 5.91 Å². The summed E-state index contributed by atoms with van der Waals surface area (Å²) >= 11 is 0. The van der Waals surface area contributed by atoms with Crippen molar-refractivity contribution >= 4 is 11.7 Å². The Bertz CT molecular complexity index is 1020. The number of benzene rings is 1. The molecule has 1 fully saturated rings. The summed E-state index contributed by atoms with van der Waals surface area (Å²) in [6.45, 7) is 2.33. The lowest BCUT2D eigenvalue weighted by molar-refractivity contribution is -0.0779. The lowest BCUT2D eigenvalue weighted by atomic mass is 9.97. The van der Waals surface area contributed by atoms with Gasteiger partial charge in [-0.05, 0) is 30.7 Å². The molecule has 29 heavy (non-hydrogen) atoms. The second-order valence-corrected chi connectivity index (χ2v) is 6.76. The van der Waals surface area contributed by atoms with Gasteiger partial charge in [0.2, 0.25) is 0 Å². The van der Waals surface area contributed by atoms with Crippen molar-refractivity contribution in [2.24, 2.45) is 0 Å². The minimum absolute atomic E-state index is 0.129. The van der Waals surface area contributed by atoms with Crippen LogP contribution in [0.5, 0.6) is 0 Å². The van der Waals surface area contributed by atoms with Crippen molar-refractivity contribution in [3.63, 3.8) is 0 Å². The zero-order valence-corrected chi connectivity index (χ0v) is 15.9. The fraction of sp³-hybridized carbons (Fsp3) is 0.238. The number of hydrogen-bond acceptors (Lipinski definition) is 7. The van der Waals surface area contributed by atoms with Gasteiger partial charge in [-0.2, -0.15) is 0 Å². The maximum Gasteiger partial charge on any atom is 0.277 e. The summed E-state index contributed by atoms with van der Waals surface area (Å²) < 4.78 is 0. The average Bonchev–Trinajstić information content (AvgIpc) is 3.19. The van der Waals surface area contributed by atoms with Crippen LogP contribution in [0.25, 0.3) is 22.4 Å². The van der Waals surface area contributed by atoms with Crippen molar-refractivity contribution in [3.05, 3.63) is 60.2 Å². The molecule has 1 atom stereocenters. The fourth-order valence-corrected chi connectivity index (χ4v) is 3.29. The highest BCUT2D eigenvalue weighted by Gasteiger charge is 2.27. The van der Waals surface area contributed by atoms with Crippen LogP contribution < -0.4 is 5.73 Å². The molecule has 3 heterocycles. The van der Waals surface area contributed by atoms with Crippen LogP contribution in [0.1, 0.15) is 23.0 Å². The molecule has 0 bridgehead atoms. The molecule has 1 aromatic carbocycles. The standard InChI is InChI=1S/C21H21N5O3/c1-2-17-19(15-7-8-18(22)23-9-15)20(25-12-24-17)13-3-5-14(6-4-13)21(28)26-10-16(27)11-29-26/h3-9,12,16,27H,2,10-11H2,1H3,(H2,22,23). The molecule has 3 aromatic rings. The lowest BCUT2D eigenvalue weighted by Gasteiger charge is -2.15. The monoisotopic (exact) mass is 391 g/mol. The molecular weight excluding hydrogens is 370 g/mol. The van der Waals surface area contributed by atoms with Gasteiger partial charge in [-0.3, -0.25) is 9.63 Å². The number of carbonyl (C=O) groups is 1. The molecule has 0 aliphatic carbocycles. The van der Waals surface area contributed by atoms with Gasteiger partial charge in [0.05, 0.1) is 17.9 Å². The number of nitrogen functional groups attached to an aromatic ring is 1. The maximum absolute atomic E-state index is 12.5. The SMILES string of the molecule is CCc1ncnc(-c2ccc(C(=O)N3CC(O)CO3)cc2)c1-c1ccc(N)nc1. The van der Waals surface area contributed by atoms with E-state index in [-0.39, 0.29) is 19.1 Å². The van der Waals surface area contributed by atoms with Crippen LogP contribution in [0.2, 0.25) is 0 Å². The first-order chi connectivity index (χ1) is 14.1. The molecule has 8 nitrogen and oxygen atoms in total. The zero-order chi connectivity index (χ0) is 20.4. The molecule has 0 radical (unpaired) electrons. The third kappa shape index (κ3) is 3.80. The molecular formula is C21H21N5O3. The normalized spacial score (nSPS) is 16.2. The zero-order valence-electron chi connectivity index (χ0n) is 15.9. The van der Waals surface area contributed by atoms with Gasteiger partial charge in [0, 0.05) is 28.5 Å². The van der Waals surface area contributed by atoms with E-state index in [0.717, 1.165) is 34.5 Å². The van der Waals surface area contributed by atoms with E-state index in [1.54, 1.807) is 30.7 Å². The highest BCUT2D eigenvalue weighted by molar-refractivity contribution is 5.94. The number of amides is 1. The Morgan fingerprint density at radius 3 is 2.55 bits per heavy atom. The smallest absolute Gasteiger partial charge is 0.277 e. The largest absolute Gasteiger partial charge is 0.389 e. The second-order valence-electron chi connectivity index (χ2n) is 6.76. The molecule has 1 aliphatic heterocycles. The summed E-state index contributed by atoms with van der Waals surface area (Å²) in [5.74, 6) is 0.162. The van der Waals surface area contributed by atoms with E-state index >= 15 is 0 Å². The number of aliphatic hydroxyl groups excluding tert-OH is 1. The van der Waals surface area contributed by atoms with Gasteiger partial charge < -0.3 is 10.8 Å². The minimum atomic E-state index is -0.650. The summed E-state index contributed by atoms with van der Waals surface area (Å²) in [5, 5.41) is 10.7. The first-order valence-corrected chi connectivity index (χ1v) is 9.36. The highest BCUT2D eigenvalue weighted by Crippen LogP contribution is 2.33. The maximum atomic E-state index is 12.5. The molecule has 4 rings (SSSR count). The number of aliphatic hydroxyl groups is 1.